The van der Waals surface area contributed by atoms with E-state index >= 15 is 0 Å². The molecule has 0 aromatic heterocycles. The molecule has 0 spiro atoms. The van der Waals surface area contributed by atoms with Gasteiger partial charge in [-0.25, -0.2) is 0 Å². The lowest BCUT2D eigenvalue weighted by Gasteiger charge is -2.04. The quantitative estimate of drug-likeness (QED) is 0.605. The van der Waals surface area contributed by atoms with Crippen LogP contribution in [0.1, 0.15) is 52.4 Å². The summed E-state index contributed by atoms with van der Waals surface area (Å²) in [5.74, 6) is 1.77. The minimum absolute atomic E-state index is 0.295. The summed E-state index contributed by atoms with van der Waals surface area (Å²) >= 11 is 0. The molecule has 2 atom stereocenters. The highest BCUT2D eigenvalue weighted by Gasteiger charge is 2.00. The van der Waals surface area contributed by atoms with Crippen molar-refractivity contribution in [1.82, 2.24) is 0 Å². The summed E-state index contributed by atoms with van der Waals surface area (Å²) in [5, 5.41) is 0. The van der Waals surface area contributed by atoms with Gasteiger partial charge < -0.3 is 5.73 Å². The fraction of sp³-hybridized carbons (Fsp3) is 1.00. The largest absolute Gasteiger partial charge is 0.328 e. The van der Waals surface area contributed by atoms with E-state index in [4.69, 9.17) is 5.73 Å². The van der Waals surface area contributed by atoms with Gasteiger partial charge in [-0.15, -0.1) is 0 Å². The Hall–Kier alpha value is 0.110. The third-order valence-electron chi connectivity index (χ3n) is 2.26. The Morgan fingerprint density at radius 3 is 2.21 bits per heavy atom. The molecule has 0 bridgehead atoms. The fourth-order valence-corrected chi connectivity index (χ4v) is 2.60. The molecule has 14 heavy (non-hydrogen) atoms. The number of nitrogens with two attached hydrogens (primary N) is 1. The Bertz CT molecular complexity index is 148. The van der Waals surface area contributed by atoms with Gasteiger partial charge in [-0.05, 0) is 26.2 Å². The Labute approximate surface area is 91.1 Å². The Morgan fingerprint density at radius 1 is 1.14 bits per heavy atom. The summed E-state index contributed by atoms with van der Waals surface area (Å²) in [7, 11) is -0.577. The third-order valence-corrected chi connectivity index (χ3v) is 3.75. The molecular weight excluding hydrogens is 194 g/mol. The summed E-state index contributed by atoms with van der Waals surface area (Å²) in [4.78, 5) is 0. The molecule has 2 nitrogen and oxygen atoms in total. The first-order valence-electron chi connectivity index (χ1n) is 5.77. The predicted molar refractivity (Wildman–Crippen MR) is 64.9 cm³/mol. The van der Waals surface area contributed by atoms with E-state index in [1.165, 1.54) is 12.8 Å². The van der Waals surface area contributed by atoms with Gasteiger partial charge in [0.05, 0.1) is 0 Å². The smallest absolute Gasteiger partial charge is 0.0234 e. The zero-order valence-electron chi connectivity index (χ0n) is 9.63. The van der Waals surface area contributed by atoms with E-state index in [0.717, 1.165) is 37.2 Å². The molecule has 0 heterocycles. The fourth-order valence-electron chi connectivity index (χ4n) is 1.34. The van der Waals surface area contributed by atoms with Crippen molar-refractivity contribution < 1.29 is 4.21 Å². The van der Waals surface area contributed by atoms with Crippen LogP contribution in [0.25, 0.3) is 0 Å². The van der Waals surface area contributed by atoms with Crippen LogP contribution in [0.5, 0.6) is 0 Å². The summed E-state index contributed by atoms with van der Waals surface area (Å²) in [5.41, 5.74) is 5.63. The van der Waals surface area contributed by atoms with Crippen LogP contribution in [0.15, 0.2) is 0 Å². The van der Waals surface area contributed by atoms with Crippen LogP contribution >= 0.6 is 0 Å². The van der Waals surface area contributed by atoms with Gasteiger partial charge >= 0.3 is 0 Å². The minimum Gasteiger partial charge on any atom is -0.328 e. The maximum absolute atomic E-state index is 11.4. The van der Waals surface area contributed by atoms with Gasteiger partial charge in [0.1, 0.15) is 0 Å². The average Bonchev–Trinajstić information content (AvgIpc) is 2.13. The zero-order chi connectivity index (χ0) is 10.8. The van der Waals surface area contributed by atoms with Gasteiger partial charge in [0.15, 0.2) is 0 Å². The molecule has 0 saturated carbocycles. The predicted octanol–water partition coefficient (Wildman–Crippen LogP) is 2.44. The molecule has 0 aromatic rings. The number of hydrogen-bond acceptors (Lipinski definition) is 2. The molecule has 2 unspecified atom stereocenters. The number of hydrogen-bond donors (Lipinski definition) is 1. The van der Waals surface area contributed by atoms with Crippen molar-refractivity contribution in [3.05, 3.63) is 0 Å². The zero-order valence-corrected chi connectivity index (χ0v) is 10.4. The Morgan fingerprint density at radius 2 is 1.71 bits per heavy atom. The van der Waals surface area contributed by atoms with Gasteiger partial charge in [0.2, 0.25) is 0 Å². The van der Waals surface area contributed by atoms with Crippen LogP contribution in [0, 0.1) is 0 Å². The summed E-state index contributed by atoms with van der Waals surface area (Å²) in [6.07, 6.45) is 6.80. The lowest BCUT2D eigenvalue weighted by Crippen LogP contribution is -2.14. The summed E-state index contributed by atoms with van der Waals surface area (Å²) in [6, 6.07) is 0.295. The van der Waals surface area contributed by atoms with Crippen molar-refractivity contribution >= 4 is 10.8 Å². The van der Waals surface area contributed by atoms with Crippen molar-refractivity contribution in [3.63, 3.8) is 0 Å². The average molecular weight is 219 g/mol. The van der Waals surface area contributed by atoms with Gasteiger partial charge in [-0.2, -0.15) is 0 Å². The first-order chi connectivity index (χ1) is 6.66. The molecule has 3 heteroatoms. The molecule has 0 amide bonds. The molecule has 0 aliphatic carbocycles. The number of unbranched alkanes of at least 4 members (excludes halogenated alkanes) is 3. The van der Waals surface area contributed by atoms with Crippen molar-refractivity contribution in [2.45, 2.75) is 58.4 Å². The van der Waals surface area contributed by atoms with Crippen LogP contribution < -0.4 is 5.73 Å². The van der Waals surface area contributed by atoms with Crippen LogP contribution in [0.4, 0.5) is 0 Å². The van der Waals surface area contributed by atoms with Gasteiger partial charge in [0.25, 0.3) is 0 Å². The second-order valence-electron chi connectivity index (χ2n) is 4.03. The third kappa shape index (κ3) is 10.2. The minimum atomic E-state index is -0.577. The molecule has 0 aliphatic rings. The van der Waals surface area contributed by atoms with Crippen LogP contribution in [0.2, 0.25) is 0 Å². The van der Waals surface area contributed by atoms with E-state index in [1.54, 1.807) is 0 Å². The Kier molecular flexibility index (Phi) is 9.73. The topological polar surface area (TPSA) is 43.1 Å². The second-order valence-corrected chi connectivity index (χ2v) is 5.72. The van der Waals surface area contributed by atoms with Crippen molar-refractivity contribution in [1.29, 1.82) is 0 Å². The molecular formula is C11H25NOS. The molecule has 86 valence electrons. The monoisotopic (exact) mass is 219 g/mol. The Balaban J connectivity index is 3.18. The van der Waals surface area contributed by atoms with E-state index in [9.17, 15) is 4.21 Å². The maximum atomic E-state index is 11.4. The standard InChI is InChI=1S/C11H25NOS/c1-3-4-6-9-14(13)10-7-5-8-11(2)12/h11H,3-10,12H2,1-2H3. The molecule has 0 saturated heterocycles. The normalized spacial score (nSPS) is 15.4. The molecule has 0 aromatic carbocycles. The first kappa shape index (κ1) is 14.1. The molecule has 0 aliphatic heterocycles. The van der Waals surface area contributed by atoms with E-state index in [-0.39, 0.29) is 0 Å². The van der Waals surface area contributed by atoms with Crippen LogP contribution in [0.3, 0.4) is 0 Å². The van der Waals surface area contributed by atoms with Gasteiger partial charge in [-0.3, -0.25) is 4.21 Å². The van der Waals surface area contributed by atoms with E-state index in [2.05, 4.69) is 6.92 Å². The lowest BCUT2D eigenvalue weighted by atomic mass is 10.2. The van der Waals surface area contributed by atoms with Crippen molar-refractivity contribution in [2.24, 2.45) is 5.73 Å². The highest BCUT2D eigenvalue weighted by Crippen LogP contribution is 2.02. The highest BCUT2D eigenvalue weighted by molar-refractivity contribution is 7.84. The van der Waals surface area contributed by atoms with Crippen LogP contribution in [-0.4, -0.2) is 21.8 Å². The highest BCUT2D eigenvalue weighted by atomic mass is 32.2. The van der Waals surface area contributed by atoms with E-state index in [0.29, 0.717) is 6.04 Å². The maximum Gasteiger partial charge on any atom is 0.0234 e. The lowest BCUT2D eigenvalue weighted by molar-refractivity contribution is 0.612. The second kappa shape index (κ2) is 9.66. The molecule has 2 N–H and O–H groups in total. The summed E-state index contributed by atoms with van der Waals surface area (Å²) < 4.78 is 11.4. The SMILES string of the molecule is CCCCCS(=O)CCCCC(C)N. The van der Waals surface area contributed by atoms with E-state index in [1.807, 2.05) is 6.92 Å². The molecule has 0 fully saturated rings. The van der Waals surface area contributed by atoms with Gasteiger partial charge in [-0.1, -0.05) is 26.2 Å². The van der Waals surface area contributed by atoms with Crippen molar-refractivity contribution in [2.75, 3.05) is 11.5 Å². The first-order valence-corrected chi connectivity index (χ1v) is 7.26. The van der Waals surface area contributed by atoms with Crippen molar-refractivity contribution in [3.8, 4) is 0 Å². The van der Waals surface area contributed by atoms with Gasteiger partial charge in [0, 0.05) is 28.3 Å². The molecule has 0 rings (SSSR count). The van der Waals surface area contributed by atoms with E-state index < -0.39 is 10.8 Å². The van der Waals surface area contributed by atoms with Crippen LogP contribution in [-0.2, 0) is 10.8 Å². The number of rotatable bonds is 9. The molecule has 0 radical (unpaired) electrons. The summed E-state index contributed by atoms with van der Waals surface area (Å²) in [6.45, 7) is 4.20.